The monoisotopic (exact) mass is 251 g/mol. The minimum atomic E-state index is -0.196. The Bertz CT molecular complexity index is 403. The topological polar surface area (TPSA) is 21.3 Å². The van der Waals surface area contributed by atoms with E-state index in [1.165, 1.54) is 6.07 Å². The largest absolute Gasteiger partial charge is 0.490 e. The Morgan fingerprint density at radius 1 is 1.39 bits per heavy atom. The fourth-order valence-electron chi connectivity index (χ4n) is 2.85. The van der Waals surface area contributed by atoms with Crippen molar-refractivity contribution < 1.29 is 9.13 Å². The van der Waals surface area contributed by atoms with E-state index in [0.717, 1.165) is 30.6 Å². The Balaban J connectivity index is 2.27. The van der Waals surface area contributed by atoms with Gasteiger partial charge in [-0.1, -0.05) is 13.8 Å². The van der Waals surface area contributed by atoms with Crippen LogP contribution in [-0.4, -0.2) is 13.2 Å². The van der Waals surface area contributed by atoms with E-state index >= 15 is 0 Å². The zero-order valence-corrected chi connectivity index (χ0v) is 11.4. The van der Waals surface area contributed by atoms with Gasteiger partial charge in [-0.15, -0.1) is 0 Å². The Labute approximate surface area is 109 Å². The third-order valence-electron chi connectivity index (χ3n) is 4.02. The molecule has 1 aliphatic rings. The summed E-state index contributed by atoms with van der Waals surface area (Å²) in [6.07, 6.45) is 3.39. The Hall–Kier alpha value is -1.09. The number of nitrogens with one attached hydrogen (secondary N) is 1. The van der Waals surface area contributed by atoms with Crippen LogP contribution in [0.2, 0.25) is 0 Å². The molecule has 1 aliphatic heterocycles. The molecular weight excluding hydrogens is 229 g/mol. The number of halogens is 1. The van der Waals surface area contributed by atoms with Gasteiger partial charge in [-0.2, -0.15) is 0 Å². The Morgan fingerprint density at radius 3 is 2.72 bits per heavy atom. The van der Waals surface area contributed by atoms with Crippen molar-refractivity contribution in [2.75, 3.05) is 7.05 Å². The summed E-state index contributed by atoms with van der Waals surface area (Å²) in [5.74, 6) is 1.21. The van der Waals surface area contributed by atoms with Crippen molar-refractivity contribution in [3.05, 3.63) is 29.6 Å². The quantitative estimate of drug-likeness (QED) is 0.881. The normalized spacial score (nSPS) is 22.7. The Morgan fingerprint density at radius 2 is 2.11 bits per heavy atom. The zero-order valence-electron chi connectivity index (χ0n) is 11.4. The lowest BCUT2D eigenvalue weighted by Gasteiger charge is -2.36. The third-order valence-corrected chi connectivity index (χ3v) is 4.02. The molecule has 2 atom stereocenters. The summed E-state index contributed by atoms with van der Waals surface area (Å²) in [5, 5.41) is 3.27. The second kappa shape index (κ2) is 5.70. The van der Waals surface area contributed by atoms with Crippen molar-refractivity contribution in [3.63, 3.8) is 0 Å². The second-order valence-electron chi connectivity index (χ2n) is 4.99. The van der Waals surface area contributed by atoms with Gasteiger partial charge in [0, 0.05) is 18.0 Å². The lowest BCUT2D eigenvalue weighted by Crippen LogP contribution is -2.36. The van der Waals surface area contributed by atoms with Crippen molar-refractivity contribution in [1.82, 2.24) is 5.32 Å². The zero-order chi connectivity index (χ0) is 13.1. The van der Waals surface area contributed by atoms with Gasteiger partial charge in [-0.25, -0.2) is 4.39 Å². The number of hydrogen-bond donors (Lipinski definition) is 1. The van der Waals surface area contributed by atoms with E-state index < -0.39 is 0 Å². The van der Waals surface area contributed by atoms with E-state index in [2.05, 4.69) is 19.2 Å². The predicted molar refractivity (Wildman–Crippen MR) is 71.3 cm³/mol. The molecule has 0 aliphatic carbocycles. The fraction of sp³-hybridized carbons (Fsp3) is 0.600. The number of rotatable bonds is 4. The van der Waals surface area contributed by atoms with Gasteiger partial charge in [0.05, 0.1) is 0 Å². The van der Waals surface area contributed by atoms with Gasteiger partial charge in [0.25, 0.3) is 0 Å². The molecule has 2 rings (SSSR count). The molecule has 1 aromatic rings. The second-order valence-corrected chi connectivity index (χ2v) is 4.99. The third kappa shape index (κ3) is 2.51. The van der Waals surface area contributed by atoms with Crippen LogP contribution in [0, 0.1) is 11.7 Å². The summed E-state index contributed by atoms with van der Waals surface area (Å²) in [6, 6.07) is 5.00. The maximum atomic E-state index is 13.3. The molecule has 0 amide bonds. The van der Waals surface area contributed by atoms with Crippen molar-refractivity contribution in [2.45, 2.75) is 45.3 Å². The summed E-state index contributed by atoms with van der Waals surface area (Å²) in [7, 11) is 1.93. The van der Waals surface area contributed by atoms with E-state index in [0.29, 0.717) is 5.92 Å². The molecule has 1 aromatic carbocycles. The number of fused-ring (bicyclic) bond motifs is 1. The van der Waals surface area contributed by atoms with Gasteiger partial charge >= 0.3 is 0 Å². The first-order valence-corrected chi connectivity index (χ1v) is 6.82. The molecule has 1 heterocycles. The molecule has 2 nitrogen and oxygen atoms in total. The molecular formula is C15H22FNO. The van der Waals surface area contributed by atoms with Crippen molar-refractivity contribution in [2.24, 2.45) is 5.92 Å². The fourth-order valence-corrected chi connectivity index (χ4v) is 2.85. The molecule has 0 spiro atoms. The highest BCUT2D eigenvalue weighted by Crippen LogP contribution is 2.38. The molecule has 0 saturated carbocycles. The summed E-state index contributed by atoms with van der Waals surface area (Å²) in [6.45, 7) is 4.40. The first-order valence-electron chi connectivity index (χ1n) is 6.82. The van der Waals surface area contributed by atoms with E-state index in [4.69, 9.17) is 4.74 Å². The minimum absolute atomic E-state index is 0.190. The SMILES string of the molecule is CCC(CC)C1CC(NC)c2cc(F)ccc2O1. The van der Waals surface area contributed by atoms with Crippen LogP contribution in [0.3, 0.4) is 0 Å². The van der Waals surface area contributed by atoms with Gasteiger partial charge in [0.1, 0.15) is 17.7 Å². The van der Waals surface area contributed by atoms with Gasteiger partial charge in [-0.3, -0.25) is 0 Å². The predicted octanol–water partition coefficient (Wildman–Crippen LogP) is 3.67. The molecule has 2 unspecified atom stereocenters. The molecule has 3 heteroatoms. The molecule has 100 valence electrons. The van der Waals surface area contributed by atoms with Crippen LogP contribution in [0.25, 0.3) is 0 Å². The van der Waals surface area contributed by atoms with E-state index in [9.17, 15) is 4.39 Å². The number of benzene rings is 1. The molecule has 0 radical (unpaired) electrons. The molecule has 0 fully saturated rings. The van der Waals surface area contributed by atoms with Crippen LogP contribution in [0.5, 0.6) is 5.75 Å². The average molecular weight is 251 g/mol. The minimum Gasteiger partial charge on any atom is -0.490 e. The maximum absolute atomic E-state index is 13.3. The average Bonchev–Trinajstić information content (AvgIpc) is 2.39. The summed E-state index contributed by atoms with van der Waals surface area (Å²) >= 11 is 0. The lowest BCUT2D eigenvalue weighted by molar-refractivity contribution is 0.0891. The smallest absolute Gasteiger partial charge is 0.124 e. The van der Waals surface area contributed by atoms with Crippen molar-refractivity contribution in [1.29, 1.82) is 0 Å². The number of hydrogen-bond acceptors (Lipinski definition) is 2. The molecule has 18 heavy (non-hydrogen) atoms. The molecule has 0 saturated heterocycles. The van der Waals surface area contributed by atoms with Crippen LogP contribution < -0.4 is 10.1 Å². The van der Waals surface area contributed by atoms with Crippen molar-refractivity contribution >= 4 is 0 Å². The summed E-state index contributed by atoms with van der Waals surface area (Å²) in [5.41, 5.74) is 0.944. The van der Waals surface area contributed by atoms with Gasteiger partial charge in [-0.05, 0) is 44.0 Å². The van der Waals surface area contributed by atoms with Crippen LogP contribution in [0.4, 0.5) is 4.39 Å². The highest BCUT2D eigenvalue weighted by atomic mass is 19.1. The van der Waals surface area contributed by atoms with E-state index in [-0.39, 0.29) is 18.0 Å². The highest BCUT2D eigenvalue weighted by molar-refractivity contribution is 5.38. The van der Waals surface area contributed by atoms with Crippen LogP contribution in [0.1, 0.15) is 44.7 Å². The first-order chi connectivity index (χ1) is 8.69. The van der Waals surface area contributed by atoms with Gasteiger partial charge < -0.3 is 10.1 Å². The van der Waals surface area contributed by atoms with Crippen LogP contribution in [0.15, 0.2) is 18.2 Å². The molecule has 0 aromatic heterocycles. The first kappa shape index (κ1) is 13.3. The summed E-state index contributed by atoms with van der Waals surface area (Å²) in [4.78, 5) is 0. The summed E-state index contributed by atoms with van der Waals surface area (Å²) < 4.78 is 19.4. The highest BCUT2D eigenvalue weighted by Gasteiger charge is 2.31. The van der Waals surface area contributed by atoms with Gasteiger partial charge in [0.15, 0.2) is 0 Å². The van der Waals surface area contributed by atoms with Crippen LogP contribution in [-0.2, 0) is 0 Å². The lowest BCUT2D eigenvalue weighted by atomic mass is 9.87. The Kier molecular flexibility index (Phi) is 4.23. The standard InChI is InChI=1S/C15H22FNO/c1-4-10(5-2)15-9-13(17-3)12-8-11(16)6-7-14(12)18-15/h6-8,10,13,15,17H,4-5,9H2,1-3H3. The van der Waals surface area contributed by atoms with Crippen LogP contribution >= 0.6 is 0 Å². The number of ether oxygens (including phenoxy) is 1. The van der Waals surface area contributed by atoms with E-state index in [1.54, 1.807) is 12.1 Å². The van der Waals surface area contributed by atoms with E-state index in [1.807, 2.05) is 7.05 Å². The molecule has 1 N–H and O–H groups in total. The van der Waals surface area contributed by atoms with Crippen molar-refractivity contribution in [3.8, 4) is 5.75 Å². The molecule has 0 bridgehead atoms. The van der Waals surface area contributed by atoms with Gasteiger partial charge in [0.2, 0.25) is 0 Å². The maximum Gasteiger partial charge on any atom is 0.124 e.